The first kappa shape index (κ1) is 16.8. The van der Waals surface area contributed by atoms with Crippen LogP contribution in [0.5, 0.6) is 0 Å². The molecule has 2 aromatic rings. The molecule has 1 nitrogen and oxygen atoms in total. The molecule has 2 rings (SSSR count). The van der Waals surface area contributed by atoms with Gasteiger partial charge in [0.05, 0.1) is 11.1 Å². The van der Waals surface area contributed by atoms with E-state index in [9.17, 15) is 0 Å². The Balaban J connectivity index is 2.38. The third-order valence-corrected chi connectivity index (χ3v) is 6.60. The maximum atomic E-state index is 6.21. The molecule has 0 saturated heterocycles. The standard InChI is InChI=1S/C14H13Br2Cl2NS/c1-2-5-19-13(12-7-10(16)14(18)20-12)8-3-4-9(15)11(17)6-8/h3-4,6-7,13,19H,2,5H2,1H3. The molecule has 108 valence electrons. The van der Waals surface area contributed by atoms with E-state index < -0.39 is 0 Å². The summed E-state index contributed by atoms with van der Waals surface area (Å²) in [6.07, 6.45) is 1.07. The van der Waals surface area contributed by atoms with E-state index in [-0.39, 0.29) is 6.04 Å². The maximum Gasteiger partial charge on any atom is 0.107 e. The summed E-state index contributed by atoms with van der Waals surface area (Å²) < 4.78 is 2.61. The molecule has 6 heteroatoms. The third kappa shape index (κ3) is 3.99. The minimum Gasteiger partial charge on any atom is -0.306 e. The first-order valence-electron chi connectivity index (χ1n) is 6.16. The zero-order chi connectivity index (χ0) is 14.7. The quantitative estimate of drug-likeness (QED) is 0.528. The van der Waals surface area contributed by atoms with E-state index >= 15 is 0 Å². The van der Waals surface area contributed by atoms with Crippen LogP contribution in [0.15, 0.2) is 33.2 Å². The lowest BCUT2D eigenvalue weighted by molar-refractivity contribution is 0.606. The first-order valence-corrected chi connectivity index (χ1v) is 9.31. The van der Waals surface area contributed by atoms with E-state index in [0.717, 1.165) is 31.8 Å². The fourth-order valence-electron chi connectivity index (χ4n) is 1.87. The number of hydrogen-bond donors (Lipinski definition) is 1. The highest BCUT2D eigenvalue weighted by Crippen LogP contribution is 2.38. The van der Waals surface area contributed by atoms with Gasteiger partial charge in [0.1, 0.15) is 4.34 Å². The van der Waals surface area contributed by atoms with Gasteiger partial charge in [0.15, 0.2) is 0 Å². The molecule has 1 aromatic heterocycles. The monoisotopic (exact) mass is 455 g/mol. The van der Waals surface area contributed by atoms with Crippen LogP contribution in [0.1, 0.15) is 29.8 Å². The van der Waals surface area contributed by atoms with Gasteiger partial charge in [0, 0.05) is 13.8 Å². The second-order valence-electron chi connectivity index (χ2n) is 4.33. The fraction of sp³-hybridized carbons (Fsp3) is 0.286. The summed E-state index contributed by atoms with van der Waals surface area (Å²) in [7, 11) is 0. The minimum atomic E-state index is 0.106. The Kier molecular flexibility index (Phi) is 6.39. The van der Waals surface area contributed by atoms with Gasteiger partial charge in [-0.25, -0.2) is 0 Å². The predicted molar refractivity (Wildman–Crippen MR) is 96.3 cm³/mol. The van der Waals surface area contributed by atoms with Crippen molar-refractivity contribution in [1.29, 1.82) is 0 Å². The highest BCUT2D eigenvalue weighted by Gasteiger charge is 2.18. The van der Waals surface area contributed by atoms with Crippen molar-refractivity contribution in [3.63, 3.8) is 0 Å². The number of thiophene rings is 1. The first-order chi connectivity index (χ1) is 9.52. The average molecular weight is 458 g/mol. The van der Waals surface area contributed by atoms with Crippen LogP contribution in [0.4, 0.5) is 0 Å². The number of rotatable bonds is 5. The summed E-state index contributed by atoms with van der Waals surface area (Å²) in [5.74, 6) is 0. The zero-order valence-corrected chi connectivity index (χ0v) is 16.2. The number of hydrogen-bond acceptors (Lipinski definition) is 2. The van der Waals surface area contributed by atoms with Crippen LogP contribution in [0, 0.1) is 0 Å². The van der Waals surface area contributed by atoms with Crippen LogP contribution < -0.4 is 5.32 Å². The van der Waals surface area contributed by atoms with Crippen LogP contribution in [0.2, 0.25) is 9.36 Å². The molecule has 1 atom stereocenters. The molecule has 0 saturated carbocycles. The van der Waals surface area contributed by atoms with Gasteiger partial charge < -0.3 is 5.32 Å². The van der Waals surface area contributed by atoms with Gasteiger partial charge in [0.2, 0.25) is 0 Å². The van der Waals surface area contributed by atoms with Gasteiger partial charge in [-0.3, -0.25) is 0 Å². The molecule has 0 aliphatic rings. The van der Waals surface area contributed by atoms with Crippen molar-refractivity contribution in [2.75, 3.05) is 6.54 Å². The number of halogens is 4. The summed E-state index contributed by atoms with van der Waals surface area (Å²) in [5.41, 5.74) is 1.14. The molecular weight excluding hydrogens is 445 g/mol. The number of benzene rings is 1. The van der Waals surface area contributed by atoms with E-state index in [1.807, 2.05) is 12.1 Å². The van der Waals surface area contributed by atoms with Crippen molar-refractivity contribution in [2.45, 2.75) is 19.4 Å². The molecule has 20 heavy (non-hydrogen) atoms. The van der Waals surface area contributed by atoms with Crippen molar-refractivity contribution in [2.24, 2.45) is 0 Å². The lowest BCUT2D eigenvalue weighted by Crippen LogP contribution is -2.22. The Morgan fingerprint density at radius 2 is 1.95 bits per heavy atom. The molecule has 1 unspecified atom stereocenters. The van der Waals surface area contributed by atoms with Gasteiger partial charge in [-0.2, -0.15) is 0 Å². The molecule has 0 amide bonds. The van der Waals surface area contributed by atoms with Crippen LogP contribution in [0.25, 0.3) is 0 Å². The van der Waals surface area contributed by atoms with E-state index in [1.54, 1.807) is 11.3 Å². The van der Waals surface area contributed by atoms with Crippen LogP contribution >= 0.6 is 66.4 Å². The smallest absolute Gasteiger partial charge is 0.107 e. The maximum absolute atomic E-state index is 6.21. The lowest BCUT2D eigenvalue weighted by Gasteiger charge is -2.18. The summed E-state index contributed by atoms with van der Waals surface area (Å²) in [5, 5.41) is 4.26. The van der Waals surface area contributed by atoms with Gasteiger partial charge in [0.25, 0.3) is 0 Å². The van der Waals surface area contributed by atoms with Crippen molar-refractivity contribution in [1.82, 2.24) is 5.32 Å². The summed E-state index contributed by atoms with van der Waals surface area (Å²) in [6.45, 7) is 3.08. The van der Waals surface area contributed by atoms with Gasteiger partial charge in [-0.05, 0) is 68.6 Å². The van der Waals surface area contributed by atoms with Gasteiger partial charge >= 0.3 is 0 Å². The van der Waals surface area contributed by atoms with E-state index in [4.69, 9.17) is 23.2 Å². The highest BCUT2D eigenvalue weighted by molar-refractivity contribution is 9.11. The van der Waals surface area contributed by atoms with Crippen molar-refractivity contribution in [3.05, 3.63) is 53.0 Å². The molecule has 0 spiro atoms. The van der Waals surface area contributed by atoms with Gasteiger partial charge in [-0.1, -0.05) is 36.2 Å². The normalized spacial score (nSPS) is 12.7. The van der Waals surface area contributed by atoms with Crippen LogP contribution in [0.3, 0.4) is 0 Å². The Hall–Kier alpha value is 0.420. The van der Waals surface area contributed by atoms with Crippen molar-refractivity contribution in [3.8, 4) is 0 Å². The predicted octanol–water partition coefficient (Wildman–Crippen LogP) is 6.67. The molecule has 0 fully saturated rings. The van der Waals surface area contributed by atoms with Crippen molar-refractivity contribution >= 4 is 66.4 Å². The molecule has 0 aliphatic carbocycles. The fourth-order valence-corrected chi connectivity index (χ4v) is 4.14. The van der Waals surface area contributed by atoms with E-state index in [0.29, 0.717) is 5.02 Å². The zero-order valence-electron chi connectivity index (χ0n) is 10.7. The van der Waals surface area contributed by atoms with E-state index in [2.05, 4.69) is 56.2 Å². The Bertz CT molecular complexity index is 581. The molecular formula is C14H13Br2Cl2NS. The Labute approximate surface area is 149 Å². The Morgan fingerprint density at radius 3 is 2.50 bits per heavy atom. The molecule has 0 radical (unpaired) electrons. The summed E-state index contributed by atoms with van der Waals surface area (Å²) in [6, 6.07) is 8.21. The largest absolute Gasteiger partial charge is 0.306 e. The second kappa shape index (κ2) is 7.61. The average Bonchev–Trinajstić information content (AvgIpc) is 2.74. The molecule has 1 aromatic carbocycles. The third-order valence-electron chi connectivity index (χ3n) is 2.82. The molecule has 0 aliphatic heterocycles. The SMILES string of the molecule is CCCNC(c1ccc(Br)c(Cl)c1)c1cc(Br)c(Cl)s1. The van der Waals surface area contributed by atoms with Crippen molar-refractivity contribution < 1.29 is 0 Å². The van der Waals surface area contributed by atoms with Gasteiger partial charge in [-0.15, -0.1) is 11.3 Å². The summed E-state index contributed by atoms with van der Waals surface area (Å²) in [4.78, 5) is 1.17. The second-order valence-corrected chi connectivity index (χ2v) is 8.13. The minimum absolute atomic E-state index is 0.106. The van der Waals surface area contributed by atoms with E-state index in [1.165, 1.54) is 4.88 Å². The number of nitrogens with one attached hydrogen (secondary N) is 1. The van der Waals surface area contributed by atoms with Crippen LogP contribution in [-0.4, -0.2) is 6.54 Å². The topological polar surface area (TPSA) is 12.0 Å². The highest BCUT2D eigenvalue weighted by atomic mass is 79.9. The summed E-state index contributed by atoms with van der Waals surface area (Å²) >= 11 is 20.8. The molecule has 1 heterocycles. The molecule has 0 bridgehead atoms. The van der Waals surface area contributed by atoms with Crippen LogP contribution in [-0.2, 0) is 0 Å². The molecule has 1 N–H and O–H groups in total. The Morgan fingerprint density at radius 1 is 1.20 bits per heavy atom. The lowest BCUT2D eigenvalue weighted by atomic mass is 10.1.